The summed E-state index contributed by atoms with van der Waals surface area (Å²) in [6.07, 6.45) is 12.4. The number of aryl methyl sites for hydroxylation is 3. The summed E-state index contributed by atoms with van der Waals surface area (Å²) in [4.78, 5) is 4.59. The lowest BCUT2D eigenvalue weighted by Gasteiger charge is -2.16. The van der Waals surface area contributed by atoms with Gasteiger partial charge in [-0.3, -0.25) is 4.99 Å². The highest BCUT2D eigenvalue weighted by Crippen LogP contribution is 2.24. The third-order valence-electron chi connectivity index (χ3n) is 6.96. The normalized spacial score (nSPS) is 10.7. The van der Waals surface area contributed by atoms with Gasteiger partial charge in [0.2, 0.25) is 0 Å². The molecule has 0 radical (unpaired) electrons. The molecule has 264 valence electrons. The summed E-state index contributed by atoms with van der Waals surface area (Å²) in [7, 11) is 0. The number of hydrogen-bond donors (Lipinski definition) is 0. The third-order valence-corrected chi connectivity index (χ3v) is 6.96. The molecule has 2 rings (SSSR count). The van der Waals surface area contributed by atoms with Gasteiger partial charge in [0.15, 0.2) is 0 Å². The van der Waals surface area contributed by atoms with Crippen LogP contribution in [0.1, 0.15) is 143 Å². The SMILES string of the molecule is C=C.C=C(C)c1cccc(C)c1.C=CN=C(Cc1cc(C)ccc1CC)/C(C)=C(C)/C(=C\C)C(=C)C.CC.CCC.CCCCCC. The summed E-state index contributed by atoms with van der Waals surface area (Å²) in [6, 6.07) is 15.0. The first-order valence-corrected chi connectivity index (χ1v) is 17.9. The molecular weight excluding hydrogens is 567 g/mol. The molecule has 0 bridgehead atoms. The van der Waals surface area contributed by atoms with Crippen molar-refractivity contribution in [2.24, 2.45) is 4.99 Å². The molecule has 0 N–H and O–H groups in total. The van der Waals surface area contributed by atoms with Gasteiger partial charge in [0.1, 0.15) is 0 Å². The Kier molecular flexibility index (Phi) is 36.4. The van der Waals surface area contributed by atoms with Crippen LogP contribution in [0.3, 0.4) is 0 Å². The Morgan fingerprint density at radius 1 is 0.745 bits per heavy atom. The van der Waals surface area contributed by atoms with Crippen molar-refractivity contribution in [1.82, 2.24) is 0 Å². The molecule has 0 atom stereocenters. The van der Waals surface area contributed by atoms with Gasteiger partial charge in [0, 0.05) is 18.3 Å². The molecule has 0 aliphatic carbocycles. The highest BCUT2D eigenvalue weighted by atomic mass is 14.7. The summed E-state index contributed by atoms with van der Waals surface area (Å²) in [5.41, 5.74) is 13.5. The highest BCUT2D eigenvalue weighted by Gasteiger charge is 2.12. The molecular formula is C46H75N. The van der Waals surface area contributed by atoms with E-state index in [1.54, 1.807) is 6.20 Å². The van der Waals surface area contributed by atoms with E-state index in [0.29, 0.717) is 0 Å². The summed E-state index contributed by atoms with van der Waals surface area (Å²) < 4.78 is 0. The van der Waals surface area contributed by atoms with Gasteiger partial charge in [0.25, 0.3) is 0 Å². The molecule has 1 heteroatoms. The van der Waals surface area contributed by atoms with Gasteiger partial charge in [-0.05, 0) is 88.3 Å². The van der Waals surface area contributed by atoms with Crippen LogP contribution in [0.25, 0.3) is 5.57 Å². The van der Waals surface area contributed by atoms with Crippen molar-refractivity contribution in [3.8, 4) is 0 Å². The van der Waals surface area contributed by atoms with E-state index < -0.39 is 0 Å². The van der Waals surface area contributed by atoms with E-state index in [0.717, 1.165) is 29.7 Å². The van der Waals surface area contributed by atoms with Crippen LogP contribution in [0.5, 0.6) is 0 Å². The number of aliphatic imine (C=N–C) groups is 1. The summed E-state index contributed by atoms with van der Waals surface area (Å²) in [6.45, 7) is 47.3. The van der Waals surface area contributed by atoms with E-state index in [9.17, 15) is 0 Å². The topological polar surface area (TPSA) is 12.4 Å². The average Bonchev–Trinajstić information content (AvgIpc) is 3.06. The zero-order valence-electron chi connectivity index (χ0n) is 33.6. The maximum absolute atomic E-state index is 4.59. The molecule has 1 nitrogen and oxygen atoms in total. The molecule has 0 aliphatic rings. The van der Waals surface area contributed by atoms with E-state index in [1.807, 2.05) is 27.7 Å². The average molecular weight is 642 g/mol. The number of nitrogens with zero attached hydrogens (tertiary/aromatic N) is 1. The van der Waals surface area contributed by atoms with E-state index in [1.165, 1.54) is 76.6 Å². The molecule has 0 fully saturated rings. The molecule has 0 saturated carbocycles. The number of rotatable bonds is 11. The number of benzene rings is 2. The Morgan fingerprint density at radius 3 is 1.62 bits per heavy atom. The maximum Gasteiger partial charge on any atom is 0.0479 e. The fourth-order valence-electron chi connectivity index (χ4n) is 4.44. The van der Waals surface area contributed by atoms with Gasteiger partial charge >= 0.3 is 0 Å². The highest BCUT2D eigenvalue weighted by molar-refractivity contribution is 6.02. The van der Waals surface area contributed by atoms with Gasteiger partial charge in [-0.25, -0.2) is 0 Å². The minimum absolute atomic E-state index is 0.827. The molecule has 47 heavy (non-hydrogen) atoms. The minimum atomic E-state index is 0.827. The van der Waals surface area contributed by atoms with Crippen molar-refractivity contribution >= 4 is 11.3 Å². The number of hydrogen-bond acceptors (Lipinski definition) is 1. The standard InChI is InChI=1S/C23H31N.C10H12.C6H14.C3H8.C2H6.C2H4/c1-9-20-13-12-17(6)14-21(20)15-23(24-11-3)19(8)18(7)22(10-2)16(4)5;1-8(2)10-6-4-5-9(3)7-10;1-3-5-6-4-2;1-3-2;2*1-2/h10-14H,3-4,9,15H2,1-2,5-8H3;4-7H,1H2,2-3H3;3-6H2,1-2H3;3H2,1-2H3;1-2H3;1-2H2/b19-18+,22-10-,24-23?;;;;;. The Bertz CT molecular complexity index is 1210. The molecule has 2 aromatic carbocycles. The summed E-state index contributed by atoms with van der Waals surface area (Å²) in [5.74, 6) is 0. The van der Waals surface area contributed by atoms with E-state index >= 15 is 0 Å². The molecule has 0 spiro atoms. The van der Waals surface area contributed by atoms with Crippen LogP contribution in [0.2, 0.25) is 0 Å². The molecule has 0 aliphatic heterocycles. The van der Waals surface area contributed by atoms with Crippen molar-refractivity contribution in [3.63, 3.8) is 0 Å². The van der Waals surface area contributed by atoms with Crippen LogP contribution in [-0.4, -0.2) is 5.71 Å². The van der Waals surface area contributed by atoms with Gasteiger partial charge in [-0.1, -0.05) is 171 Å². The zero-order chi connectivity index (χ0) is 37.4. The molecule has 0 unspecified atom stereocenters. The van der Waals surface area contributed by atoms with E-state index in [2.05, 4.69) is 156 Å². The first-order chi connectivity index (χ1) is 22.4. The van der Waals surface area contributed by atoms with Crippen molar-refractivity contribution in [2.75, 3.05) is 0 Å². The van der Waals surface area contributed by atoms with Crippen molar-refractivity contribution in [3.05, 3.63) is 138 Å². The van der Waals surface area contributed by atoms with Gasteiger partial charge in [0.05, 0.1) is 0 Å². The predicted molar refractivity (Wildman–Crippen MR) is 223 cm³/mol. The lowest BCUT2D eigenvalue weighted by atomic mass is 9.90. The molecule has 0 aromatic heterocycles. The first kappa shape index (κ1) is 50.4. The number of unbranched alkanes of at least 4 members (excludes halogenated alkanes) is 3. The van der Waals surface area contributed by atoms with E-state index in [4.69, 9.17) is 0 Å². The van der Waals surface area contributed by atoms with Crippen LogP contribution < -0.4 is 0 Å². The second-order valence-electron chi connectivity index (χ2n) is 11.4. The number of allylic oxidation sites excluding steroid dienone is 6. The van der Waals surface area contributed by atoms with Crippen molar-refractivity contribution in [2.45, 2.75) is 142 Å². The van der Waals surface area contributed by atoms with Crippen LogP contribution >= 0.6 is 0 Å². The quantitative estimate of drug-likeness (QED) is 0.100. The monoisotopic (exact) mass is 642 g/mol. The second kappa shape index (κ2) is 33.9. The predicted octanol–water partition coefficient (Wildman–Crippen LogP) is 15.4. The van der Waals surface area contributed by atoms with Crippen LogP contribution in [-0.2, 0) is 12.8 Å². The third kappa shape index (κ3) is 24.4. The second-order valence-corrected chi connectivity index (χ2v) is 11.4. The Hall–Kier alpha value is -3.45. The Balaban J connectivity index is -0.000000328. The zero-order valence-corrected chi connectivity index (χ0v) is 33.6. The lowest BCUT2D eigenvalue weighted by Crippen LogP contribution is -2.10. The smallest absolute Gasteiger partial charge is 0.0479 e. The first-order valence-electron chi connectivity index (χ1n) is 17.9. The fourth-order valence-corrected chi connectivity index (χ4v) is 4.44. The van der Waals surface area contributed by atoms with Crippen LogP contribution in [0.15, 0.2) is 115 Å². The van der Waals surface area contributed by atoms with Crippen LogP contribution in [0.4, 0.5) is 0 Å². The minimum Gasteiger partial charge on any atom is -0.261 e. The summed E-state index contributed by atoms with van der Waals surface area (Å²) in [5, 5.41) is 0. The van der Waals surface area contributed by atoms with Gasteiger partial charge in [-0.15, -0.1) is 13.2 Å². The van der Waals surface area contributed by atoms with Crippen LogP contribution in [0, 0.1) is 13.8 Å². The Morgan fingerprint density at radius 2 is 1.26 bits per heavy atom. The lowest BCUT2D eigenvalue weighted by molar-refractivity contribution is 0.702. The van der Waals surface area contributed by atoms with Crippen molar-refractivity contribution in [1.29, 1.82) is 0 Å². The Labute approximate surface area is 295 Å². The molecule has 0 saturated heterocycles. The largest absolute Gasteiger partial charge is 0.261 e. The van der Waals surface area contributed by atoms with Crippen molar-refractivity contribution < 1.29 is 0 Å². The molecule has 2 aromatic rings. The van der Waals surface area contributed by atoms with E-state index in [-0.39, 0.29) is 0 Å². The summed E-state index contributed by atoms with van der Waals surface area (Å²) >= 11 is 0. The fraction of sp³-hybridized carbons (Fsp3) is 0.457. The molecule has 0 heterocycles. The van der Waals surface area contributed by atoms with Gasteiger partial charge < -0.3 is 0 Å². The maximum atomic E-state index is 4.59. The molecule has 0 amide bonds. The van der Waals surface area contributed by atoms with Gasteiger partial charge in [-0.2, -0.15) is 0 Å².